The second-order valence-corrected chi connectivity index (χ2v) is 5.40. The molecule has 0 saturated heterocycles. The summed E-state index contributed by atoms with van der Waals surface area (Å²) in [4.78, 5) is 11.9. The highest BCUT2D eigenvalue weighted by molar-refractivity contribution is 7.99. The van der Waals surface area contributed by atoms with E-state index in [4.69, 9.17) is 0 Å². The van der Waals surface area contributed by atoms with Gasteiger partial charge in [-0.25, -0.2) is 8.78 Å². The van der Waals surface area contributed by atoms with Crippen LogP contribution in [0.25, 0.3) is 0 Å². The van der Waals surface area contributed by atoms with Gasteiger partial charge in [0.15, 0.2) is 0 Å². The van der Waals surface area contributed by atoms with E-state index < -0.39 is 11.6 Å². The molecule has 1 aromatic rings. The van der Waals surface area contributed by atoms with Gasteiger partial charge in [0, 0.05) is 23.3 Å². The standard InChI is InChI=1S/C13H14F2OS/c14-10-4-5-13(11(15)8-10)17-7-6-9-2-1-3-12(9)16/h4-5,8-9H,1-3,6-7H2. The maximum Gasteiger partial charge on any atom is 0.139 e. The van der Waals surface area contributed by atoms with Crippen molar-refractivity contribution >= 4 is 17.5 Å². The fourth-order valence-electron chi connectivity index (χ4n) is 2.10. The molecule has 1 nitrogen and oxygen atoms in total. The van der Waals surface area contributed by atoms with Crippen molar-refractivity contribution in [2.75, 3.05) is 5.75 Å². The van der Waals surface area contributed by atoms with E-state index in [1.54, 1.807) is 0 Å². The number of Topliss-reactive ketones (excluding diaryl/α,β-unsaturated/α-hetero) is 1. The van der Waals surface area contributed by atoms with E-state index >= 15 is 0 Å². The first kappa shape index (κ1) is 12.6. The Kier molecular flexibility index (Phi) is 4.15. The number of hydrogen-bond acceptors (Lipinski definition) is 2. The van der Waals surface area contributed by atoms with Crippen LogP contribution in [-0.2, 0) is 4.79 Å². The minimum absolute atomic E-state index is 0.158. The van der Waals surface area contributed by atoms with E-state index in [2.05, 4.69) is 0 Å². The van der Waals surface area contributed by atoms with Crippen LogP contribution in [0.4, 0.5) is 8.78 Å². The topological polar surface area (TPSA) is 17.1 Å². The predicted molar refractivity (Wildman–Crippen MR) is 64.0 cm³/mol. The predicted octanol–water partition coefficient (Wildman–Crippen LogP) is 3.82. The number of carbonyl (C=O) groups is 1. The van der Waals surface area contributed by atoms with Gasteiger partial charge in [-0.2, -0.15) is 0 Å². The van der Waals surface area contributed by atoms with E-state index in [0.717, 1.165) is 25.3 Å². The highest BCUT2D eigenvalue weighted by Crippen LogP contribution is 2.29. The van der Waals surface area contributed by atoms with Crippen molar-refractivity contribution in [2.24, 2.45) is 5.92 Å². The summed E-state index contributed by atoms with van der Waals surface area (Å²) >= 11 is 1.35. The minimum atomic E-state index is -0.558. The molecule has 92 valence electrons. The Morgan fingerprint density at radius 1 is 1.35 bits per heavy atom. The molecule has 1 saturated carbocycles. The van der Waals surface area contributed by atoms with E-state index in [1.807, 2.05) is 0 Å². The van der Waals surface area contributed by atoms with Crippen LogP contribution in [0.3, 0.4) is 0 Å². The lowest BCUT2D eigenvalue weighted by Gasteiger charge is -2.07. The molecule has 4 heteroatoms. The van der Waals surface area contributed by atoms with Crippen LogP contribution in [0.15, 0.2) is 23.1 Å². The Labute approximate surface area is 104 Å². The van der Waals surface area contributed by atoms with Gasteiger partial charge in [-0.3, -0.25) is 4.79 Å². The Morgan fingerprint density at radius 2 is 2.18 bits per heavy atom. The molecule has 2 rings (SSSR count). The van der Waals surface area contributed by atoms with E-state index in [9.17, 15) is 13.6 Å². The SMILES string of the molecule is O=C1CCCC1CCSc1ccc(F)cc1F. The summed E-state index contributed by atoms with van der Waals surface area (Å²) < 4.78 is 26.0. The summed E-state index contributed by atoms with van der Waals surface area (Å²) in [5.41, 5.74) is 0. The number of ketones is 1. The summed E-state index contributed by atoms with van der Waals surface area (Å²) in [5.74, 6) is 0.126. The molecule has 0 bridgehead atoms. The van der Waals surface area contributed by atoms with Crippen LogP contribution in [0.5, 0.6) is 0 Å². The van der Waals surface area contributed by atoms with Gasteiger partial charge in [0.05, 0.1) is 0 Å². The first-order chi connectivity index (χ1) is 8.16. The molecular weight excluding hydrogens is 242 g/mol. The first-order valence-electron chi connectivity index (χ1n) is 5.77. The van der Waals surface area contributed by atoms with Gasteiger partial charge in [0.25, 0.3) is 0 Å². The van der Waals surface area contributed by atoms with Gasteiger partial charge in [0.1, 0.15) is 17.4 Å². The number of halogens is 2. The fraction of sp³-hybridized carbons (Fsp3) is 0.462. The molecule has 1 aromatic carbocycles. The van der Waals surface area contributed by atoms with Crippen LogP contribution in [0.2, 0.25) is 0 Å². The van der Waals surface area contributed by atoms with Crippen molar-refractivity contribution in [2.45, 2.75) is 30.6 Å². The Hall–Kier alpha value is -0.900. The number of rotatable bonds is 4. The molecule has 0 aliphatic heterocycles. The molecule has 0 N–H and O–H groups in total. The normalized spacial score (nSPS) is 19.9. The zero-order valence-corrected chi connectivity index (χ0v) is 10.2. The Bertz CT molecular complexity index is 420. The maximum absolute atomic E-state index is 13.3. The molecule has 0 spiro atoms. The summed E-state index contributed by atoms with van der Waals surface area (Å²) in [6, 6.07) is 3.60. The molecule has 1 atom stereocenters. The highest BCUT2D eigenvalue weighted by Gasteiger charge is 2.23. The number of benzene rings is 1. The lowest BCUT2D eigenvalue weighted by atomic mass is 10.1. The van der Waals surface area contributed by atoms with E-state index in [0.29, 0.717) is 22.9 Å². The molecule has 1 aliphatic carbocycles. The van der Waals surface area contributed by atoms with Crippen molar-refractivity contribution in [1.82, 2.24) is 0 Å². The van der Waals surface area contributed by atoms with Gasteiger partial charge < -0.3 is 0 Å². The van der Waals surface area contributed by atoms with Crippen LogP contribution < -0.4 is 0 Å². The molecular formula is C13H14F2OS. The summed E-state index contributed by atoms with van der Waals surface area (Å²) in [7, 11) is 0. The first-order valence-corrected chi connectivity index (χ1v) is 6.76. The smallest absolute Gasteiger partial charge is 0.139 e. The monoisotopic (exact) mass is 256 g/mol. The third-order valence-electron chi connectivity index (χ3n) is 3.05. The highest BCUT2D eigenvalue weighted by atomic mass is 32.2. The van der Waals surface area contributed by atoms with Gasteiger partial charge in [-0.15, -0.1) is 11.8 Å². The van der Waals surface area contributed by atoms with Crippen molar-refractivity contribution < 1.29 is 13.6 Å². The zero-order chi connectivity index (χ0) is 12.3. The van der Waals surface area contributed by atoms with Gasteiger partial charge in [-0.1, -0.05) is 0 Å². The lowest BCUT2D eigenvalue weighted by molar-refractivity contribution is -0.120. The van der Waals surface area contributed by atoms with Gasteiger partial charge in [-0.05, 0) is 37.1 Å². The molecule has 0 radical (unpaired) electrons. The summed E-state index contributed by atoms with van der Waals surface area (Å²) in [5, 5.41) is 0. The molecule has 0 aromatic heterocycles. The van der Waals surface area contributed by atoms with Crippen LogP contribution in [0, 0.1) is 17.6 Å². The largest absolute Gasteiger partial charge is 0.299 e. The zero-order valence-electron chi connectivity index (χ0n) is 9.42. The average molecular weight is 256 g/mol. The molecule has 1 fully saturated rings. The molecule has 1 aliphatic rings. The molecule has 1 unspecified atom stereocenters. The Morgan fingerprint density at radius 3 is 2.82 bits per heavy atom. The van der Waals surface area contributed by atoms with Crippen molar-refractivity contribution in [3.05, 3.63) is 29.8 Å². The fourth-order valence-corrected chi connectivity index (χ4v) is 3.08. The van der Waals surface area contributed by atoms with Crippen molar-refractivity contribution in [3.8, 4) is 0 Å². The van der Waals surface area contributed by atoms with E-state index in [-0.39, 0.29) is 5.92 Å². The third-order valence-corrected chi connectivity index (χ3v) is 4.13. The average Bonchev–Trinajstić information content (AvgIpc) is 2.68. The number of hydrogen-bond donors (Lipinski definition) is 0. The van der Waals surface area contributed by atoms with Crippen LogP contribution in [-0.4, -0.2) is 11.5 Å². The third kappa shape index (κ3) is 3.28. The van der Waals surface area contributed by atoms with Crippen LogP contribution >= 0.6 is 11.8 Å². The van der Waals surface area contributed by atoms with Gasteiger partial charge >= 0.3 is 0 Å². The second kappa shape index (κ2) is 5.63. The molecule has 17 heavy (non-hydrogen) atoms. The minimum Gasteiger partial charge on any atom is -0.299 e. The Balaban J connectivity index is 1.83. The quantitative estimate of drug-likeness (QED) is 0.762. The summed E-state index contributed by atoms with van der Waals surface area (Å²) in [6.07, 6.45) is 3.44. The lowest BCUT2D eigenvalue weighted by Crippen LogP contribution is -2.06. The number of carbonyl (C=O) groups excluding carboxylic acids is 1. The van der Waals surface area contributed by atoms with Crippen molar-refractivity contribution in [3.63, 3.8) is 0 Å². The molecule has 0 amide bonds. The van der Waals surface area contributed by atoms with Crippen molar-refractivity contribution in [1.29, 1.82) is 0 Å². The van der Waals surface area contributed by atoms with Crippen LogP contribution in [0.1, 0.15) is 25.7 Å². The van der Waals surface area contributed by atoms with E-state index in [1.165, 1.54) is 23.9 Å². The van der Waals surface area contributed by atoms with Gasteiger partial charge in [0.2, 0.25) is 0 Å². The molecule has 0 heterocycles. The maximum atomic E-state index is 13.3. The number of thioether (sulfide) groups is 1. The second-order valence-electron chi connectivity index (χ2n) is 4.27. The summed E-state index contributed by atoms with van der Waals surface area (Å²) in [6.45, 7) is 0.